The molecular formula is C77H51N5. The predicted octanol–water partition coefficient (Wildman–Crippen LogP) is 19.9. The molecule has 0 saturated heterocycles. The minimum atomic E-state index is 0.651. The van der Waals surface area contributed by atoms with Crippen LogP contribution in [0.2, 0.25) is 0 Å². The second-order valence-corrected chi connectivity index (χ2v) is 20.7. The lowest BCUT2D eigenvalue weighted by molar-refractivity contribution is 1.11. The maximum absolute atomic E-state index is 5.71. The van der Waals surface area contributed by atoms with E-state index in [1.54, 1.807) is 0 Å². The van der Waals surface area contributed by atoms with E-state index in [1.165, 1.54) is 0 Å². The highest BCUT2D eigenvalue weighted by atomic mass is 15.2. The fourth-order valence-electron chi connectivity index (χ4n) is 11.8. The van der Waals surface area contributed by atoms with Crippen molar-refractivity contribution in [1.82, 2.24) is 23.9 Å². The monoisotopic (exact) mass is 1050 g/mol. The number of fused-ring (bicyclic) bond motifs is 5. The third-order valence-electron chi connectivity index (χ3n) is 15.7. The lowest BCUT2D eigenvalue weighted by Gasteiger charge is -2.20. The Morgan fingerprint density at radius 3 is 1.07 bits per heavy atom. The molecule has 0 bridgehead atoms. The molecule has 3 heterocycles. The summed E-state index contributed by atoms with van der Waals surface area (Å²) < 4.78 is 4.80. The summed E-state index contributed by atoms with van der Waals surface area (Å²) in [6.45, 7) is 0. The molecule has 3 aromatic heterocycles. The van der Waals surface area contributed by atoms with Crippen LogP contribution < -0.4 is 0 Å². The minimum Gasteiger partial charge on any atom is -0.277 e. The van der Waals surface area contributed by atoms with E-state index in [-0.39, 0.29) is 0 Å². The molecule has 0 spiro atoms. The van der Waals surface area contributed by atoms with Crippen molar-refractivity contribution in [3.05, 3.63) is 309 Å². The van der Waals surface area contributed by atoms with Gasteiger partial charge in [0.05, 0.1) is 39.1 Å². The van der Waals surface area contributed by atoms with Crippen molar-refractivity contribution in [3.8, 4) is 117 Å². The van der Waals surface area contributed by atoms with E-state index in [4.69, 9.17) is 15.0 Å². The van der Waals surface area contributed by atoms with Crippen LogP contribution in [-0.4, -0.2) is 23.9 Å². The van der Waals surface area contributed by atoms with E-state index in [0.717, 1.165) is 139 Å². The zero-order chi connectivity index (χ0) is 54.3. The molecule has 0 unspecified atom stereocenters. The Morgan fingerprint density at radius 2 is 0.610 bits per heavy atom. The lowest BCUT2D eigenvalue weighted by Crippen LogP contribution is -2.02. The average Bonchev–Trinajstić information content (AvgIpc) is 3.93. The van der Waals surface area contributed by atoms with Gasteiger partial charge >= 0.3 is 0 Å². The zero-order valence-corrected chi connectivity index (χ0v) is 44.7. The van der Waals surface area contributed by atoms with Gasteiger partial charge in [0.2, 0.25) is 5.78 Å². The first-order valence-electron chi connectivity index (χ1n) is 27.8. The summed E-state index contributed by atoms with van der Waals surface area (Å²) in [5, 5.41) is 0. The van der Waals surface area contributed by atoms with Gasteiger partial charge in [0.15, 0.2) is 5.82 Å². The molecule has 0 aliphatic rings. The van der Waals surface area contributed by atoms with Crippen LogP contribution in [0.15, 0.2) is 309 Å². The van der Waals surface area contributed by atoms with Gasteiger partial charge in [0.1, 0.15) is 0 Å². The molecule has 15 aromatic rings. The molecule has 5 heteroatoms. The van der Waals surface area contributed by atoms with Crippen LogP contribution in [-0.2, 0) is 0 Å². The zero-order valence-electron chi connectivity index (χ0n) is 44.7. The first kappa shape index (κ1) is 48.1. The molecule has 0 amide bonds. The van der Waals surface area contributed by atoms with Crippen LogP contribution in [0.5, 0.6) is 0 Å². The summed E-state index contributed by atoms with van der Waals surface area (Å²) in [5.74, 6) is 1.47. The van der Waals surface area contributed by atoms with E-state index < -0.39 is 0 Å². The Kier molecular flexibility index (Phi) is 12.1. The fraction of sp³-hybridized carbons (Fsp3) is 0. The normalized spacial score (nSPS) is 11.4. The molecule has 12 aromatic carbocycles. The van der Waals surface area contributed by atoms with Crippen LogP contribution in [0.1, 0.15) is 0 Å². The maximum Gasteiger partial charge on any atom is 0.220 e. The Morgan fingerprint density at radius 1 is 0.232 bits per heavy atom. The van der Waals surface area contributed by atoms with Gasteiger partial charge in [-0.15, -0.1) is 0 Å². The van der Waals surface area contributed by atoms with E-state index in [0.29, 0.717) is 5.82 Å². The van der Waals surface area contributed by atoms with Crippen molar-refractivity contribution in [3.63, 3.8) is 0 Å². The molecule has 0 aliphatic carbocycles. The number of hydrogen-bond donors (Lipinski definition) is 0. The lowest BCUT2D eigenvalue weighted by atomic mass is 9.85. The van der Waals surface area contributed by atoms with Gasteiger partial charge in [-0.3, -0.25) is 8.97 Å². The smallest absolute Gasteiger partial charge is 0.220 e. The molecule has 0 aliphatic heterocycles. The maximum atomic E-state index is 5.71. The summed E-state index contributed by atoms with van der Waals surface area (Å²) in [4.78, 5) is 16.4. The molecule has 0 saturated carbocycles. The first-order chi connectivity index (χ1) is 40.7. The molecule has 0 radical (unpaired) electrons. The first-order valence-corrected chi connectivity index (χ1v) is 27.8. The Bertz CT molecular complexity index is 4610. The van der Waals surface area contributed by atoms with Crippen molar-refractivity contribution in [1.29, 1.82) is 0 Å². The number of aromatic nitrogens is 5. The second kappa shape index (κ2) is 20.7. The highest BCUT2D eigenvalue weighted by Gasteiger charge is 2.26. The Balaban J connectivity index is 1.02. The largest absolute Gasteiger partial charge is 0.277 e. The van der Waals surface area contributed by atoms with E-state index in [2.05, 4.69) is 306 Å². The van der Waals surface area contributed by atoms with Crippen molar-refractivity contribution in [2.75, 3.05) is 0 Å². The van der Waals surface area contributed by atoms with Crippen molar-refractivity contribution >= 4 is 27.8 Å². The second-order valence-electron chi connectivity index (χ2n) is 20.7. The summed E-state index contributed by atoms with van der Waals surface area (Å²) >= 11 is 0. The van der Waals surface area contributed by atoms with Crippen LogP contribution in [0.25, 0.3) is 145 Å². The number of rotatable bonds is 11. The van der Waals surface area contributed by atoms with E-state index in [1.807, 2.05) is 12.1 Å². The number of imidazole rings is 2. The third-order valence-corrected chi connectivity index (χ3v) is 15.7. The van der Waals surface area contributed by atoms with Gasteiger partial charge < -0.3 is 0 Å². The number of nitrogens with zero attached hydrogens (tertiary/aromatic N) is 5. The summed E-state index contributed by atoms with van der Waals surface area (Å²) in [7, 11) is 0. The van der Waals surface area contributed by atoms with E-state index >= 15 is 0 Å². The van der Waals surface area contributed by atoms with Crippen LogP contribution in [0.4, 0.5) is 0 Å². The van der Waals surface area contributed by atoms with Gasteiger partial charge in [-0.2, -0.15) is 0 Å². The summed E-state index contributed by atoms with van der Waals surface area (Å²) in [6, 6.07) is 110. The summed E-state index contributed by atoms with van der Waals surface area (Å²) in [5.41, 5.74) is 25.2. The third kappa shape index (κ3) is 8.74. The Labute approximate surface area is 476 Å². The molecular weight excluding hydrogens is 995 g/mol. The molecule has 0 atom stereocenters. The van der Waals surface area contributed by atoms with Crippen LogP contribution in [0.3, 0.4) is 0 Å². The summed E-state index contributed by atoms with van der Waals surface area (Å²) in [6.07, 6.45) is 0. The van der Waals surface area contributed by atoms with Crippen molar-refractivity contribution in [2.45, 2.75) is 0 Å². The van der Waals surface area contributed by atoms with Crippen LogP contribution in [0, 0.1) is 0 Å². The molecule has 0 fully saturated rings. The molecule has 5 nitrogen and oxygen atoms in total. The average molecular weight is 1050 g/mol. The molecule has 384 valence electrons. The highest BCUT2D eigenvalue weighted by molar-refractivity contribution is 6.03. The SMILES string of the molecule is c1ccc(-c2cc(-c3ccccc3)c(-n3c4ccc(-c5ccccc5)cc4n4c5cc(-c6c(-c7ccccc7)cc(-c7nc(-c8ccccc8)cc(-c8ccccc8)n7)cc6-c6ccccc6)ccc5nc34)c(-c3ccccc3)c2)cc1. The standard InChI is InChI=1S/C77H51N5/c1-9-25-52(26-10-1)60-42-44-71-73(49-60)81-72-50-61(41-43-68(72)80-77(81)82(71)75-66(56-33-17-5-18-34-56)45-62(53-27-11-2-12-28-53)46-67(75)57-35-19-6-20-36-57)74-64(54-29-13-3-14-30-54)47-63(48-65(74)55-31-15-4-16-32-55)76-78-69(58-37-21-7-22-38-58)51-70(79-76)59-39-23-8-24-40-59/h1-51H. The minimum absolute atomic E-state index is 0.651. The van der Waals surface area contributed by atoms with Crippen molar-refractivity contribution in [2.24, 2.45) is 0 Å². The molecule has 82 heavy (non-hydrogen) atoms. The van der Waals surface area contributed by atoms with Gasteiger partial charge in [0.25, 0.3) is 0 Å². The number of hydrogen-bond acceptors (Lipinski definition) is 3. The molecule has 15 rings (SSSR count). The number of benzene rings is 12. The highest BCUT2D eigenvalue weighted by Crippen LogP contribution is 2.47. The molecule has 0 N–H and O–H groups in total. The predicted molar refractivity (Wildman–Crippen MR) is 339 cm³/mol. The van der Waals surface area contributed by atoms with Gasteiger partial charge in [-0.05, 0) is 121 Å². The Hall–Kier alpha value is -11.0. The van der Waals surface area contributed by atoms with Gasteiger partial charge in [0, 0.05) is 27.8 Å². The van der Waals surface area contributed by atoms with E-state index in [9.17, 15) is 0 Å². The van der Waals surface area contributed by atoms with Gasteiger partial charge in [-0.1, -0.05) is 255 Å². The topological polar surface area (TPSA) is 48.0 Å². The fourth-order valence-corrected chi connectivity index (χ4v) is 11.8. The quantitative estimate of drug-likeness (QED) is 0.130. The van der Waals surface area contributed by atoms with Crippen LogP contribution >= 0.6 is 0 Å². The van der Waals surface area contributed by atoms with Crippen molar-refractivity contribution < 1.29 is 0 Å². The van der Waals surface area contributed by atoms with Gasteiger partial charge in [-0.25, -0.2) is 15.0 Å².